The van der Waals surface area contributed by atoms with E-state index in [4.69, 9.17) is 19.7 Å². The Balaban J connectivity index is 1.15. The summed E-state index contributed by atoms with van der Waals surface area (Å²) < 4.78 is 9.16. The van der Waals surface area contributed by atoms with E-state index in [1.165, 1.54) is 0 Å². The number of rotatable bonds is 5. The Morgan fingerprint density at radius 2 is 0.941 bits per heavy atom. The molecule has 240 valence electrons. The molecule has 0 amide bonds. The molecule has 0 spiro atoms. The standard InChI is InChI=1S/C45H29N5O/c1-4-14-30(15-5-1)43-46-44(31-16-6-2-7-17-31)48-45(47-43)32-24-26-34(27-25-32)50-37-21-11-10-20-35(37)36-28-29-39-42(41(36)50)51-40-23-13-12-22-38(40)49(39)33-18-8-3-9-19-33/h1-29H. The van der Waals surface area contributed by atoms with Gasteiger partial charge in [0.15, 0.2) is 29.0 Å². The van der Waals surface area contributed by atoms with Gasteiger partial charge in [-0.2, -0.15) is 0 Å². The van der Waals surface area contributed by atoms with Gasteiger partial charge in [-0.15, -0.1) is 0 Å². The number of aromatic nitrogens is 4. The number of fused-ring (bicyclic) bond motifs is 6. The van der Waals surface area contributed by atoms with E-state index in [2.05, 4.69) is 107 Å². The lowest BCUT2D eigenvalue weighted by Crippen LogP contribution is -2.16. The summed E-state index contributed by atoms with van der Waals surface area (Å²) in [5, 5.41) is 2.28. The summed E-state index contributed by atoms with van der Waals surface area (Å²) in [5.41, 5.74) is 8.96. The molecule has 0 saturated heterocycles. The number of anilines is 3. The highest BCUT2D eigenvalue weighted by Gasteiger charge is 2.30. The lowest BCUT2D eigenvalue weighted by Gasteiger charge is -2.33. The van der Waals surface area contributed by atoms with Crippen molar-refractivity contribution in [1.29, 1.82) is 0 Å². The molecule has 1 aliphatic rings. The van der Waals surface area contributed by atoms with E-state index in [-0.39, 0.29) is 0 Å². The molecule has 0 saturated carbocycles. The zero-order valence-corrected chi connectivity index (χ0v) is 27.4. The van der Waals surface area contributed by atoms with Crippen molar-refractivity contribution >= 4 is 38.9 Å². The maximum atomic E-state index is 6.85. The van der Waals surface area contributed by atoms with Crippen LogP contribution >= 0.6 is 0 Å². The number of ether oxygens (including phenoxy) is 1. The molecule has 0 bridgehead atoms. The van der Waals surface area contributed by atoms with E-state index in [9.17, 15) is 0 Å². The van der Waals surface area contributed by atoms with Crippen LogP contribution in [0.3, 0.4) is 0 Å². The Morgan fingerprint density at radius 1 is 0.392 bits per heavy atom. The van der Waals surface area contributed by atoms with Crippen LogP contribution in [0.1, 0.15) is 0 Å². The zero-order chi connectivity index (χ0) is 33.7. The molecule has 0 atom stereocenters. The van der Waals surface area contributed by atoms with Crippen molar-refractivity contribution in [2.75, 3.05) is 4.90 Å². The number of hydrogen-bond acceptors (Lipinski definition) is 5. The van der Waals surface area contributed by atoms with Crippen molar-refractivity contribution in [3.05, 3.63) is 176 Å². The smallest absolute Gasteiger partial charge is 0.176 e. The Kier molecular flexibility index (Phi) is 6.70. The molecule has 1 aliphatic heterocycles. The SMILES string of the molecule is c1ccc(-c2nc(-c3ccccc3)nc(-c3ccc(-n4c5ccccc5c5ccc6c(c54)Oc4ccccc4N6c4ccccc4)cc3)n2)cc1. The Morgan fingerprint density at radius 3 is 1.61 bits per heavy atom. The average molecular weight is 656 g/mol. The van der Waals surface area contributed by atoms with E-state index in [1.807, 2.05) is 78.9 Å². The average Bonchev–Trinajstić information content (AvgIpc) is 3.56. The van der Waals surface area contributed by atoms with Gasteiger partial charge in [0, 0.05) is 38.8 Å². The molecule has 7 aromatic carbocycles. The number of nitrogens with zero attached hydrogens (tertiary/aromatic N) is 5. The highest BCUT2D eigenvalue weighted by Crippen LogP contribution is 2.54. The number of benzene rings is 7. The normalized spacial score (nSPS) is 12.0. The summed E-state index contributed by atoms with van der Waals surface area (Å²) in [7, 11) is 0. The zero-order valence-electron chi connectivity index (χ0n) is 27.4. The first-order valence-electron chi connectivity index (χ1n) is 17.0. The second kappa shape index (κ2) is 11.8. The van der Waals surface area contributed by atoms with Crippen LogP contribution in [0.4, 0.5) is 17.1 Å². The summed E-state index contributed by atoms with van der Waals surface area (Å²) >= 11 is 0. The van der Waals surface area contributed by atoms with Crippen molar-refractivity contribution in [3.8, 4) is 51.3 Å². The topological polar surface area (TPSA) is 56.1 Å². The fourth-order valence-corrected chi connectivity index (χ4v) is 7.08. The first-order chi connectivity index (χ1) is 25.3. The Bertz CT molecular complexity index is 2650. The van der Waals surface area contributed by atoms with E-state index in [0.29, 0.717) is 17.5 Å². The van der Waals surface area contributed by atoms with Crippen molar-refractivity contribution in [2.24, 2.45) is 0 Å². The van der Waals surface area contributed by atoms with Gasteiger partial charge in [0.1, 0.15) is 0 Å². The molecular formula is C45H29N5O. The van der Waals surface area contributed by atoms with Gasteiger partial charge in [0.05, 0.1) is 22.4 Å². The summed E-state index contributed by atoms with van der Waals surface area (Å²) in [6.45, 7) is 0. The molecule has 9 aromatic rings. The minimum atomic E-state index is 0.618. The largest absolute Gasteiger partial charge is 0.451 e. The van der Waals surface area contributed by atoms with Crippen molar-refractivity contribution in [2.45, 2.75) is 0 Å². The molecule has 51 heavy (non-hydrogen) atoms. The maximum absolute atomic E-state index is 6.85. The van der Waals surface area contributed by atoms with E-state index >= 15 is 0 Å². The van der Waals surface area contributed by atoms with E-state index in [0.717, 1.165) is 72.7 Å². The molecular weight excluding hydrogens is 627 g/mol. The van der Waals surface area contributed by atoms with Gasteiger partial charge < -0.3 is 14.2 Å². The van der Waals surface area contributed by atoms with Crippen LogP contribution in [0.5, 0.6) is 11.5 Å². The maximum Gasteiger partial charge on any atom is 0.176 e. The quantitative estimate of drug-likeness (QED) is 0.185. The van der Waals surface area contributed by atoms with Gasteiger partial charge in [0.2, 0.25) is 0 Å². The summed E-state index contributed by atoms with van der Waals surface area (Å²) in [4.78, 5) is 17.1. The van der Waals surface area contributed by atoms with Gasteiger partial charge in [0.25, 0.3) is 0 Å². The third kappa shape index (κ3) is 4.84. The summed E-state index contributed by atoms with van der Waals surface area (Å²) in [5.74, 6) is 3.52. The predicted molar refractivity (Wildman–Crippen MR) is 205 cm³/mol. The highest BCUT2D eigenvalue weighted by molar-refractivity contribution is 6.14. The number of hydrogen-bond donors (Lipinski definition) is 0. The van der Waals surface area contributed by atoms with Crippen molar-refractivity contribution in [3.63, 3.8) is 0 Å². The minimum absolute atomic E-state index is 0.618. The fourth-order valence-electron chi connectivity index (χ4n) is 7.08. The molecule has 6 nitrogen and oxygen atoms in total. The molecule has 6 heteroatoms. The van der Waals surface area contributed by atoms with Crippen LogP contribution in [-0.4, -0.2) is 19.5 Å². The molecule has 0 aliphatic carbocycles. The van der Waals surface area contributed by atoms with Gasteiger partial charge >= 0.3 is 0 Å². The molecule has 2 aromatic heterocycles. The van der Waals surface area contributed by atoms with Gasteiger partial charge in [-0.05, 0) is 66.7 Å². The van der Waals surface area contributed by atoms with Crippen LogP contribution < -0.4 is 9.64 Å². The number of para-hydroxylation sites is 4. The molecule has 0 unspecified atom stereocenters. The van der Waals surface area contributed by atoms with Gasteiger partial charge in [-0.3, -0.25) is 0 Å². The van der Waals surface area contributed by atoms with Crippen LogP contribution in [-0.2, 0) is 0 Å². The molecule has 0 N–H and O–H groups in total. The Hall–Kier alpha value is -7.05. The monoisotopic (exact) mass is 655 g/mol. The third-order valence-electron chi connectivity index (χ3n) is 9.43. The lowest BCUT2D eigenvalue weighted by atomic mass is 10.1. The third-order valence-corrected chi connectivity index (χ3v) is 9.43. The minimum Gasteiger partial charge on any atom is -0.451 e. The second-order valence-electron chi connectivity index (χ2n) is 12.5. The van der Waals surface area contributed by atoms with Crippen LogP contribution in [0.25, 0.3) is 61.7 Å². The fraction of sp³-hybridized carbons (Fsp3) is 0. The van der Waals surface area contributed by atoms with Crippen molar-refractivity contribution in [1.82, 2.24) is 19.5 Å². The first kappa shape index (κ1) is 28.9. The summed E-state index contributed by atoms with van der Waals surface area (Å²) in [6, 6.07) is 60.2. The van der Waals surface area contributed by atoms with Crippen molar-refractivity contribution < 1.29 is 4.74 Å². The second-order valence-corrected chi connectivity index (χ2v) is 12.5. The molecule has 0 radical (unpaired) electrons. The van der Waals surface area contributed by atoms with Crippen LogP contribution in [0.2, 0.25) is 0 Å². The van der Waals surface area contributed by atoms with Crippen LogP contribution in [0, 0.1) is 0 Å². The van der Waals surface area contributed by atoms with Gasteiger partial charge in [-0.25, -0.2) is 15.0 Å². The van der Waals surface area contributed by atoms with E-state index < -0.39 is 0 Å². The van der Waals surface area contributed by atoms with Crippen LogP contribution in [0.15, 0.2) is 176 Å². The lowest BCUT2D eigenvalue weighted by molar-refractivity contribution is 0.481. The molecule has 0 fully saturated rings. The molecule has 10 rings (SSSR count). The first-order valence-corrected chi connectivity index (χ1v) is 17.0. The van der Waals surface area contributed by atoms with Gasteiger partial charge in [-0.1, -0.05) is 109 Å². The van der Waals surface area contributed by atoms with E-state index in [1.54, 1.807) is 0 Å². The Labute approximate surface area is 294 Å². The highest BCUT2D eigenvalue weighted by atomic mass is 16.5. The predicted octanol–water partition coefficient (Wildman–Crippen LogP) is 11.5. The molecule has 3 heterocycles. The summed E-state index contributed by atoms with van der Waals surface area (Å²) in [6.07, 6.45) is 0.